The lowest BCUT2D eigenvalue weighted by atomic mass is 9.98. The Morgan fingerprint density at radius 1 is 1.19 bits per heavy atom. The van der Waals surface area contributed by atoms with Gasteiger partial charge in [-0.05, 0) is 56.3 Å². The van der Waals surface area contributed by atoms with Gasteiger partial charge >= 0.3 is 0 Å². The lowest BCUT2D eigenvalue weighted by Crippen LogP contribution is -2.41. The van der Waals surface area contributed by atoms with Crippen molar-refractivity contribution in [1.29, 1.82) is 0 Å². The van der Waals surface area contributed by atoms with Crippen LogP contribution in [0.1, 0.15) is 25.7 Å². The summed E-state index contributed by atoms with van der Waals surface area (Å²) in [5, 5.41) is 3.50. The SMILES string of the molecule is O=S(=O)(c1cccc(F)c1)N1CCC(CNC2CC2)CC1. The first kappa shape index (κ1) is 14.9. The Morgan fingerprint density at radius 2 is 1.90 bits per heavy atom. The average molecular weight is 312 g/mol. The second-order valence-electron chi connectivity index (χ2n) is 5.99. The molecule has 0 unspecified atom stereocenters. The first-order valence-corrected chi connectivity index (χ1v) is 8.99. The summed E-state index contributed by atoms with van der Waals surface area (Å²) in [5.41, 5.74) is 0. The number of piperidine rings is 1. The second kappa shape index (κ2) is 6.02. The van der Waals surface area contributed by atoms with E-state index in [4.69, 9.17) is 0 Å². The highest BCUT2D eigenvalue weighted by molar-refractivity contribution is 7.89. The van der Waals surface area contributed by atoms with Crippen molar-refractivity contribution in [3.63, 3.8) is 0 Å². The Labute approximate surface area is 125 Å². The molecule has 1 saturated heterocycles. The van der Waals surface area contributed by atoms with Crippen LogP contribution >= 0.6 is 0 Å². The standard InChI is InChI=1S/C15H21FN2O2S/c16-13-2-1-3-15(10-13)21(19,20)18-8-6-12(7-9-18)11-17-14-4-5-14/h1-3,10,12,14,17H,4-9,11H2. The number of halogens is 1. The van der Waals surface area contributed by atoms with E-state index < -0.39 is 15.8 Å². The van der Waals surface area contributed by atoms with E-state index in [1.807, 2.05) is 0 Å². The van der Waals surface area contributed by atoms with Crippen molar-refractivity contribution in [2.75, 3.05) is 19.6 Å². The normalized spacial score (nSPS) is 21.6. The van der Waals surface area contributed by atoms with E-state index in [9.17, 15) is 12.8 Å². The van der Waals surface area contributed by atoms with E-state index in [0.717, 1.165) is 25.5 Å². The summed E-state index contributed by atoms with van der Waals surface area (Å²) in [6.07, 6.45) is 4.28. The van der Waals surface area contributed by atoms with Crippen LogP contribution in [0.5, 0.6) is 0 Å². The predicted molar refractivity (Wildman–Crippen MR) is 78.9 cm³/mol. The molecule has 0 amide bonds. The molecule has 0 spiro atoms. The highest BCUT2D eigenvalue weighted by atomic mass is 32.2. The van der Waals surface area contributed by atoms with Crippen LogP contribution in [0.4, 0.5) is 4.39 Å². The van der Waals surface area contributed by atoms with Gasteiger partial charge in [0.05, 0.1) is 4.90 Å². The molecule has 0 bridgehead atoms. The van der Waals surface area contributed by atoms with Gasteiger partial charge < -0.3 is 5.32 Å². The Hall–Kier alpha value is -0.980. The van der Waals surface area contributed by atoms with Crippen molar-refractivity contribution in [3.8, 4) is 0 Å². The maximum Gasteiger partial charge on any atom is 0.243 e. The second-order valence-corrected chi connectivity index (χ2v) is 7.93. The Morgan fingerprint density at radius 3 is 2.52 bits per heavy atom. The van der Waals surface area contributed by atoms with Crippen molar-refractivity contribution in [3.05, 3.63) is 30.1 Å². The predicted octanol–water partition coefficient (Wildman–Crippen LogP) is 1.98. The van der Waals surface area contributed by atoms with Crippen LogP contribution in [0.15, 0.2) is 29.2 Å². The molecule has 21 heavy (non-hydrogen) atoms. The van der Waals surface area contributed by atoms with Crippen molar-refractivity contribution in [2.24, 2.45) is 5.92 Å². The quantitative estimate of drug-likeness (QED) is 0.904. The fourth-order valence-corrected chi connectivity index (χ4v) is 4.25. The van der Waals surface area contributed by atoms with E-state index in [1.54, 1.807) is 0 Å². The van der Waals surface area contributed by atoms with E-state index in [0.29, 0.717) is 25.0 Å². The molecule has 1 aromatic rings. The van der Waals surface area contributed by atoms with Gasteiger partial charge in [0.1, 0.15) is 5.82 Å². The number of sulfonamides is 1. The van der Waals surface area contributed by atoms with Gasteiger partial charge in [-0.25, -0.2) is 12.8 Å². The summed E-state index contributed by atoms with van der Waals surface area (Å²) in [5.74, 6) is 0.0316. The topological polar surface area (TPSA) is 49.4 Å². The highest BCUT2D eigenvalue weighted by Gasteiger charge is 2.30. The lowest BCUT2D eigenvalue weighted by molar-refractivity contribution is 0.267. The molecule has 1 aliphatic carbocycles. The molecule has 3 rings (SSSR count). The van der Waals surface area contributed by atoms with E-state index in [1.165, 1.54) is 35.3 Å². The van der Waals surface area contributed by atoms with Gasteiger partial charge in [0.2, 0.25) is 10.0 Å². The molecule has 1 saturated carbocycles. The number of rotatable bonds is 5. The zero-order chi connectivity index (χ0) is 14.9. The fraction of sp³-hybridized carbons (Fsp3) is 0.600. The molecular weight excluding hydrogens is 291 g/mol. The summed E-state index contributed by atoms with van der Waals surface area (Å²) in [6, 6.07) is 5.94. The minimum atomic E-state index is -3.55. The molecule has 2 fully saturated rings. The summed E-state index contributed by atoms with van der Waals surface area (Å²) >= 11 is 0. The molecule has 1 N–H and O–H groups in total. The Kier molecular flexibility index (Phi) is 4.28. The van der Waals surface area contributed by atoms with Gasteiger partial charge in [-0.3, -0.25) is 0 Å². The van der Waals surface area contributed by atoms with Gasteiger partial charge in [0.15, 0.2) is 0 Å². The third-order valence-electron chi connectivity index (χ3n) is 4.28. The van der Waals surface area contributed by atoms with Crippen LogP contribution < -0.4 is 5.32 Å². The monoisotopic (exact) mass is 312 g/mol. The Balaban J connectivity index is 1.59. The third kappa shape index (κ3) is 3.62. The van der Waals surface area contributed by atoms with Gasteiger partial charge in [-0.1, -0.05) is 6.07 Å². The molecule has 6 heteroatoms. The number of hydrogen-bond donors (Lipinski definition) is 1. The number of nitrogens with zero attached hydrogens (tertiary/aromatic N) is 1. The maximum absolute atomic E-state index is 13.2. The zero-order valence-corrected chi connectivity index (χ0v) is 12.8. The van der Waals surface area contributed by atoms with E-state index in [-0.39, 0.29) is 4.90 Å². The summed E-state index contributed by atoms with van der Waals surface area (Å²) in [7, 11) is -3.55. The molecule has 2 aliphatic rings. The van der Waals surface area contributed by atoms with Crippen LogP contribution in [-0.4, -0.2) is 38.4 Å². The minimum absolute atomic E-state index is 0.0528. The van der Waals surface area contributed by atoms with Gasteiger partial charge in [-0.15, -0.1) is 0 Å². The van der Waals surface area contributed by atoms with E-state index in [2.05, 4.69) is 5.32 Å². The lowest BCUT2D eigenvalue weighted by Gasteiger charge is -2.31. The first-order valence-electron chi connectivity index (χ1n) is 7.55. The Bertz CT molecular complexity index is 593. The van der Waals surface area contributed by atoms with Crippen molar-refractivity contribution in [1.82, 2.24) is 9.62 Å². The summed E-state index contributed by atoms with van der Waals surface area (Å²) < 4.78 is 39.6. The molecule has 4 nitrogen and oxygen atoms in total. The van der Waals surface area contributed by atoms with Crippen LogP contribution in [0.2, 0.25) is 0 Å². The molecular formula is C15H21FN2O2S. The molecule has 0 aromatic heterocycles. The highest BCUT2D eigenvalue weighted by Crippen LogP contribution is 2.25. The van der Waals surface area contributed by atoms with Gasteiger partial charge in [-0.2, -0.15) is 4.31 Å². The largest absolute Gasteiger partial charge is 0.314 e. The third-order valence-corrected chi connectivity index (χ3v) is 6.17. The first-order chi connectivity index (χ1) is 10.1. The van der Waals surface area contributed by atoms with Crippen molar-refractivity contribution < 1.29 is 12.8 Å². The molecule has 1 aromatic carbocycles. The molecule has 116 valence electrons. The molecule has 0 atom stereocenters. The zero-order valence-electron chi connectivity index (χ0n) is 12.0. The maximum atomic E-state index is 13.2. The number of nitrogens with one attached hydrogen (secondary N) is 1. The smallest absolute Gasteiger partial charge is 0.243 e. The van der Waals surface area contributed by atoms with Crippen LogP contribution in [0.25, 0.3) is 0 Å². The molecule has 0 radical (unpaired) electrons. The van der Waals surface area contributed by atoms with Crippen LogP contribution in [0.3, 0.4) is 0 Å². The van der Waals surface area contributed by atoms with Gasteiger partial charge in [0.25, 0.3) is 0 Å². The number of hydrogen-bond acceptors (Lipinski definition) is 3. The molecule has 1 aliphatic heterocycles. The van der Waals surface area contributed by atoms with Crippen LogP contribution in [-0.2, 0) is 10.0 Å². The average Bonchev–Trinajstić information content (AvgIpc) is 3.30. The minimum Gasteiger partial charge on any atom is -0.314 e. The van der Waals surface area contributed by atoms with Crippen molar-refractivity contribution >= 4 is 10.0 Å². The molecule has 1 heterocycles. The van der Waals surface area contributed by atoms with Crippen LogP contribution in [0, 0.1) is 11.7 Å². The van der Waals surface area contributed by atoms with Gasteiger partial charge in [0, 0.05) is 19.1 Å². The summed E-state index contributed by atoms with van der Waals surface area (Å²) in [6.45, 7) is 2.03. The summed E-state index contributed by atoms with van der Waals surface area (Å²) in [4.78, 5) is 0.0528. The van der Waals surface area contributed by atoms with Crippen molar-refractivity contribution in [2.45, 2.75) is 36.6 Å². The van der Waals surface area contributed by atoms with E-state index >= 15 is 0 Å². The fourth-order valence-electron chi connectivity index (χ4n) is 2.75. The number of benzene rings is 1.